The summed E-state index contributed by atoms with van der Waals surface area (Å²) in [6.45, 7) is 0. The number of rotatable bonds is 3. The molecule has 4 nitrogen and oxygen atoms in total. The number of imidazole rings is 1. The van der Waals surface area contributed by atoms with E-state index in [4.69, 9.17) is 4.74 Å². The number of aromatic nitrogens is 2. The van der Waals surface area contributed by atoms with E-state index in [2.05, 4.69) is 34.2 Å². The maximum Gasteiger partial charge on any atom is 0.356 e. The van der Waals surface area contributed by atoms with Crippen LogP contribution in [-0.4, -0.2) is 23.0 Å². The van der Waals surface area contributed by atoms with Crippen molar-refractivity contribution in [2.24, 2.45) is 0 Å². The van der Waals surface area contributed by atoms with Crippen molar-refractivity contribution in [3.05, 3.63) is 53.6 Å². The molecule has 0 bridgehead atoms. The summed E-state index contributed by atoms with van der Waals surface area (Å²) in [5.41, 5.74) is 1.60. The van der Waals surface area contributed by atoms with Gasteiger partial charge in [-0.05, 0) is 18.4 Å². The first-order valence-corrected chi connectivity index (χ1v) is 6.95. The van der Waals surface area contributed by atoms with E-state index < -0.39 is 0 Å². The number of nitrogens with one attached hydrogen (secondary N) is 1. The molecule has 0 unspecified atom stereocenters. The standard InChI is InChI=1S/C16H18N2O2/c1-20-14(19)13-11-17-15(18-13)16(9-5-6-10-16)12-7-3-2-4-8-12/h2-4,7-8,11H,5-6,9-10H2,1H3,(H,17,18). The number of nitrogens with zero attached hydrogens (tertiary/aromatic N) is 1. The van der Waals surface area contributed by atoms with Crippen LogP contribution in [0.1, 0.15) is 47.6 Å². The minimum Gasteiger partial charge on any atom is -0.464 e. The summed E-state index contributed by atoms with van der Waals surface area (Å²) in [5, 5.41) is 0. The lowest BCUT2D eigenvalue weighted by Crippen LogP contribution is -2.25. The Kier molecular flexibility index (Phi) is 3.30. The third-order valence-electron chi connectivity index (χ3n) is 4.22. The lowest BCUT2D eigenvalue weighted by atomic mass is 9.78. The predicted octanol–water partition coefficient (Wildman–Crippen LogP) is 3.06. The van der Waals surface area contributed by atoms with Gasteiger partial charge in [-0.3, -0.25) is 0 Å². The van der Waals surface area contributed by atoms with Gasteiger partial charge in [0.1, 0.15) is 11.5 Å². The van der Waals surface area contributed by atoms with Crippen molar-refractivity contribution >= 4 is 5.97 Å². The molecule has 0 spiro atoms. The maximum atomic E-state index is 11.6. The zero-order chi connectivity index (χ0) is 14.0. The highest BCUT2D eigenvalue weighted by Gasteiger charge is 2.40. The normalized spacial score (nSPS) is 17.1. The molecule has 104 valence electrons. The highest BCUT2D eigenvalue weighted by molar-refractivity contribution is 5.86. The average molecular weight is 270 g/mol. The molecule has 4 heteroatoms. The van der Waals surface area contributed by atoms with Gasteiger partial charge in [0.2, 0.25) is 0 Å². The third-order valence-corrected chi connectivity index (χ3v) is 4.22. The van der Waals surface area contributed by atoms with E-state index in [1.54, 1.807) is 6.20 Å². The minimum absolute atomic E-state index is 0.0898. The van der Waals surface area contributed by atoms with E-state index in [0.717, 1.165) is 18.7 Å². The number of esters is 1. The molecular formula is C16H18N2O2. The molecule has 0 atom stereocenters. The van der Waals surface area contributed by atoms with Gasteiger partial charge in [-0.1, -0.05) is 43.2 Å². The summed E-state index contributed by atoms with van der Waals surface area (Å²) in [5.74, 6) is 0.506. The van der Waals surface area contributed by atoms with Crippen LogP contribution in [0, 0.1) is 0 Å². The number of hydrogen-bond acceptors (Lipinski definition) is 3. The van der Waals surface area contributed by atoms with Gasteiger partial charge in [-0.25, -0.2) is 9.78 Å². The molecule has 3 rings (SSSR count). The quantitative estimate of drug-likeness (QED) is 0.872. The van der Waals surface area contributed by atoms with Crippen molar-refractivity contribution in [2.75, 3.05) is 7.11 Å². The van der Waals surface area contributed by atoms with Gasteiger partial charge in [-0.2, -0.15) is 0 Å². The van der Waals surface area contributed by atoms with Crippen LogP contribution in [0.3, 0.4) is 0 Å². The lowest BCUT2D eigenvalue weighted by Gasteiger charge is -2.27. The molecule has 1 aromatic carbocycles. The molecule has 1 aliphatic carbocycles. The van der Waals surface area contributed by atoms with E-state index >= 15 is 0 Å². The largest absolute Gasteiger partial charge is 0.464 e. The molecule has 1 saturated carbocycles. The minimum atomic E-state index is -0.370. The zero-order valence-corrected chi connectivity index (χ0v) is 11.6. The van der Waals surface area contributed by atoms with Crippen LogP contribution in [-0.2, 0) is 10.2 Å². The molecule has 1 aromatic heterocycles. The van der Waals surface area contributed by atoms with Crippen LogP contribution >= 0.6 is 0 Å². The van der Waals surface area contributed by atoms with Gasteiger partial charge >= 0.3 is 5.97 Å². The predicted molar refractivity (Wildman–Crippen MR) is 75.6 cm³/mol. The summed E-state index contributed by atoms with van der Waals surface area (Å²) >= 11 is 0. The summed E-state index contributed by atoms with van der Waals surface area (Å²) in [6, 6.07) is 10.4. The Balaban J connectivity index is 2.03. The molecule has 1 N–H and O–H groups in total. The van der Waals surface area contributed by atoms with Crippen LogP contribution in [0.2, 0.25) is 0 Å². The fourth-order valence-electron chi connectivity index (χ4n) is 3.18. The van der Waals surface area contributed by atoms with Crippen molar-refractivity contribution in [2.45, 2.75) is 31.1 Å². The number of methoxy groups -OCH3 is 1. The molecule has 2 aromatic rings. The molecule has 0 aliphatic heterocycles. The Morgan fingerprint density at radius 2 is 1.95 bits per heavy atom. The van der Waals surface area contributed by atoms with Gasteiger partial charge in [0.05, 0.1) is 18.7 Å². The number of ether oxygens (including phenoxy) is 1. The number of carbonyl (C=O) groups excluding carboxylic acids is 1. The van der Waals surface area contributed by atoms with E-state index in [1.165, 1.54) is 25.5 Å². The van der Waals surface area contributed by atoms with Gasteiger partial charge in [0.25, 0.3) is 0 Å². The highest BCUT2D eigenvalue weighted by Crippen LogP contribution is 2.45. The van der Waals surface area contributed by atoms with Gasteiger partial charge in [0.15, 0.2) is 0 Å². The maximum absolute atomic E-state index is 11.6. The van der Waals surface area contributed by atoms with E-state index in [0.29, 0.717) is 5.69 Å². The number of benzene rings is 1. The number of H-pyrrole nitrogens is 1. The summed E-state index contributed by atoms with van der Waals surface area (Å²) < 4.78 is 4.74. The van der Waals surface area contributed by atoms with Crippen molar-refractivity contribution in [1.29, 1.82) is 0 Å². The molecule has 20 heavy (non-hydrogen) atoms. The molecule has 0 saturated heterocycles. The molecular weight excluding hydrogens is 252 g/mol. The first-order chi connectivity index (χ1) is 9.76. The Hall–Kier alpha value is -2.10. The van der Waals surface area contributed by atoms with Crippen molar-refractivity contribution in [3.63, 3.8) is 0 Å². The van der Waals surface area contributed by atoms with Crippen molar-refractivity contribution < 1.29 is 9.53 Å². The fraction of sp³-hybridized carbons (Fsp3) is 0.375. The molecule has 0 amide bonds. The Morgan fingerprint density at radius 1 is 1.25 bits per heavy atom. The summed E-state index contributed by atoms with van der Waals surface area (Å²) in [7, 11) is 1.38. The number of carbonyl (C=O) groups is 1. The van der Waals surface area contributed by atoms with Gasteiger partial charge < -0.3 is 9.72 Å². The second-order valence-electron chi connectivity index (χ2n) is 5.29. The summed E-state index contributed by atoms with van der Waals surface area (Å²) in [4.78, 5) is 19.2. The third kappa shape index (κ3) is 2.01. The van der Waals surface area contributed by atoms with Crippen LogP contribution in [0.15, 0.2) is 36.5 Å². The zero-order valence-electron chi connectivity index (χ0n) is 11.6. The SMILES string of the molecule is COC(=O)c1cnc(C2(c3ccccc3)CCCC2)[nH]1. The van der Waals surface area contributed by atoms with Gasteiger partial charge in [0, 0.05) is 0 Å². The topological polar surface area (TPSA) is 55.0 Å². The van der Waals surface area contributed by atoms with Crippen molar-refractivity contribution in [3.8, 4) is 0 Å². The number of hydrogen-bond donors (Lipinski definition) is 1. The Labute approximate surface area is 118 Å². The second kappa shape index (κ2) is 5.12. The monoisotopic (exact) mass is 270 g/mol. The highest BCUT2D eigenvalue weighted by atomic mass is 16.5. The molecule has 1 heterocycles. The fourth-order valence-corrected chi connectivity index (χ4v) is 3.18. The molecule has 1 fully saturated rings. The first-order valence-electron chi connectivity index (χ1n) is 6.95. The number of aromatic amines is 1. The Bertz CT molecular complexity index is 598. The van der Waals surface area contributed by atoms with Crippen LogP contribution in [0.5, 0.6) is 0 Å². The van der Waals surface area contributed by atoms with Crippen LogP contribution in [0.4, 0.5) is 0 Å². The average Bonchev–Trinajstić information content (AvgIpc) is 3.17. The first kappa shape index (κ1) is 12.9. The molecule has 1 aliphatic rings. The smallest absolute Gasteiger partial charge is 0.356 e. The van der Waals surface area contributed by atoms with Crippen molar-refractivity contribution in [1.82, 2.24) is 9.97 Å². The van der Waals surface area contributed by atoms with E-state index in [1.807, 2.05) is 6.07 Å². The van der Waals surface area contributed by atoms with Gasteiger partial charge in [-0.15, -0.1) is 0 Å². The second-order valence-corrected chi connectivity index (χ2v) is 5.29. The summed E-state index contributed by atoms with van der Waals surface area (Å²) in [6.07, 6.45) is 6.06. The molecule has 0 radical (unpaired) electrons. The van der Waals surface area contributed by atoms with Crippen LogP contribution in [0.25, 0.3) is 0 Å². The lowest BCUT2D eigenvalue weighted by molar-refractivity contribution is 0.0594. The van der Waals surface area contributed by atoms with Crippen LogP contribution < -0.4 is 0 Å². The van der Waals surface area contributed by atoms with E-state index in [9.17, 15) is 4.79 Å². The van der Waals surface area contributed by atoms with E-state index in [-0.39, 0.29) is 11.4 Å². The Morgan fingerprint density at radius 3 is 2.60 bits per heavy atom.